The number of carbonyl (C=O) groups excluding carboxylic acids is 1. The first kappa shape index (κ1) is 28.6. The molecule has 0 atom stereocenters. The predicted molar refractivity (Wildman–Crippen MR) is 154 cm³/mol. The molecule has 0 saturated carbocycles. The Kier molecular flexibility index (Phi) is 9.03. The number of para-hydroxylation sites is 1. The van der Waals surface area contributed by atoms with E-state index in [0.29, 0.717) is 28.0 Å². The number of carbonyl (C=O) groups is 1. The molecule has 0 heterocycles. The zero-order valence-corrected chi connectivity index (χ0v) is 23.5. The second-order valence-corrected chi connectivity index (χ2v) is 10.6. The van der Waals surface area contributed by atoms with E-state index >= 15 is 0 Å². The van der Waals surface area contributed by atoms with E-state index in [4.69, 9.17) is 30.5 Å². The normalized spacial score (nSPS) is 10.9. The van der Waals surface area contributed by atoms with E-state index in [-0.39, 0.29) is 22.0 Å². The molecule has 0 aliphatic carbocycles. The zero-order chi connectivity index (χ0) is 28.7. The summed E-state index contributed by atoms with van der Waals surface area (Å²) in [4.78, 5) is 13.3. The Labute approximate surface area is 237 Å². The molecule has 4 rings (SSSR count). The SMILES string of the molecule is COc1ccc(N(CC(=O)Nc2cc(Cl)ccc2Oc2ccccc2)S(=O)(=O)c2ccc(OC)c(OC)c2)cc1. The minimum atomic E-state index is -4.25. The van der Waals surface area contributed by atoms with Gasteiger partial charge in [-0.05, 0) is 66.7 Å². The summed E-state index contributed by atoms with van der Waals surface area (Å²) >= 11 is 6.19. The van der Waals surface area contributed by atoms with E-state index in [9.17, 15) is 13.2 Å². The van der Waals surface area contributed by atoms with Crippen LogP contribution in [0.3, 0.4) is 0 Å². The van der Waals surface area contributed by atoms with Crippen molar-refractivity contribution in [2.75, 3.05) is 37.5 Å². The van der Waals surface area contributed by atoms with Crippen LogP contribution in [0.15, 0.2) is 95.9 Å². The molecule has 9 nitrogen and oxygen atoms in total. The third-order valence-electron chi connectivity index (χ3n) is 5.78. The number of nitrogens with one attached hydrogen (secondary N) is 1. The van der Waals surface area contributed by atoms with Gasteiger partial charge in [0.2, 0.25) is 5.91 Å². The Morgan fingerprint density at radius 2 is 1.45 bits per heavy atom. The first-order valence-corrected chi connectivity index (χ1v) is 13.8. The lowest BCUT2D eigenvalue weighted by Crippen LogP contribution is -2.38. The van der Waals surface area contributed by atoms with Gasteiger partial charge in [0, 0.05) is 11.1 Å². The van der Waals surface area contributed by atoms with Gasteiger partial charge >= 0.3 is 0 Å². The molecule has 0 radical (unpaired) electrons. The summed E-state index contributed by atoms with van der Waals surface area (Å²) in [5.41, 5.74) is 0.525. The number of rotatable bonds is 11. The number of amides is 1. The van der Waals surface area contributed by atoms with Gasteiger partial charge < -0.3 is 24.3 Å². The summed E-state index contributed by atoms with van der Waals surface area (Å²) in [6.45, 7) is -0.555. The van der Waals surface area contributed by atoms with Crippen LogP contribution >= 0.6 is 11.6 Å². The number of sulfonamides is 1. The van der Waals surface area contributed by atoms with Crippen molar-refractivity contribution in [2.24, 2.45) is 0 Å². The van der Waals surface area contributed by atoms with Crippen LogP contribution in [0.1, 0.15) is 0 Å². The van der Waals surface area contributed by atoms with Crippen LogP contribution in [0.4, 0.5) is 11.4 Å². The van der Waals surface area contributed by atoms with Gasteiger partial charge in [-0.15, -0.1) is 0 Å². The number of halogens is 1. The number of hydrogen-bond acceptors (Lipinski definition) is 7. The quantitative estimate of drug-likeness (QED) is 0.232. The standard InChI is InChI=1S/C29H27ClN2O7S/c1-36-22-12-10-21(11-13-22)32(40(34,35)24-14-16-27(37-2)28(18-24)38-3)19-29(33)31-25-17-20(30)9-15-26(25)39-23-7-5-4-6-8-23/h4-18H,19H2,1-3H3,(H,31,33). The average molecular weight is 583 g/mol. The summed E-state index contributed by atoms with van der Waals surface area (Å²) in [7, 11) is 0.110. The molecular formula is C29H27ClN2O7S. The minimum Gasteiger partial charge on any atom is -0.497 e. The van der Waals surface area contributed by atoms with Crippen molar-refractivity contribution in [3.8, 4) is 28.7 Å². The highest BCUT2D eigenvalue weighted by Gasteiger charge is 2.29. The molecule has 0 fully saturated rings. The molecule has 1 N–H and O–H groups in total. The van der Waals surface area contributed by atoms with Crippen LogP contribution in [-0.4, -0.2) is 42.2 Å². The van der Waals surface area contributed by atoms with Gasteiger partial charge in [-0.3, -0.25) is 9.10 Å². The third-order valence-corrected chi connectivity index (χ3v) is 7.78. The molecular weight excluding hydrogens is 556 g/mol. The molecule has 1 amide bonds. The minimum absolute atomic E-state index is 0.0929. The van der Waals surface area contributed by atoms with Gasteiger partial charge in [-0.1, -0.05) is 29.8 Å². The van der Waals surface area contributed by atoms with Crippen molar-refractivity contribution in [3.05, 3.63) is 96.0 Å². The average Bonchev–Trinajstić information content (AvgIpc) is 2.97. The molecule has 11 heteroatoms. The summed E-state index contributed by atoms with van der Waals surface area (Å²) in [6, 6.07) is 24.3. The van der Waals surface area contributed by atoms with Crippen LogP contribution in [0, 0.1) is 0 Å². The fraction of sp³-hybridized carbons (Fsp3) is 0.138. The van der Waals surface area contributed by atoms with Crippen LogP contribution in [0.25, 0.3) is 0 Å². The maximum atomic E-state index is 13.9. The van der Waals surface area contributed by atoms with E-state index < -0.39 is 22.5 Å². The number of hydrogen-bond donors (Lipinski definition) is 1. The Bertz CT molecular complexity index is 1580. The lowest BCUT2D eigenvalue weighted by atomic mass is 10.2. The van der Waals surface area contributed by atoms with Gasteiger partial charge in [0.05, 0.1) is 37.6 Å². The van der Waals surface area contributed by atoms with Crippen LogP contribution in [-0.2, 0) is 14.8 Å². The van der Waals surface area contributed by atoms with E-state index in [2.05, 4.69) is 5.32 Å². The largest absolute Gasteiger partial charge is 0.497 e. The lowest BCUT2D eigenvalue weighted by molar-refractivity contribution is -0.114. The van der Waals surface area contributed by atoms with E-state index in [0.717, 1.165) is 4.31 Å². The van der Waals surface area contributed by atoms with Gasteiger partial charge in [0.15, 0.2) is 17.2 Å². The molecule has 40 heavy (non-hydrogen) atoms. The van der Waals surface area contributed by atoms with Gasteiger partial charge in [0.1, 0.15) is 18.0 Å². The highest BCUT2D eigenvalue weighted by atomic mass is 35.5. The Hall–Kier alpha value is -4.41. The fourth-order valence-corrected chi connectivity index (χ4v) is 5.40. The maximum Gasteiger partial charge on any atom is 0.264 e. The molecule has 208 valence electrons. The molecule has 0 saturated heterocycles. The number of nitrogens with zero attached hydrogens (tertiary/aromatic N) is 1. The Morgan fingerprint density at radius 1 is 0.775 bits per heavy atom. The van der Waals surface area contributed by atoms with E-state index in [1.165, 1.54) is 45.6 Å². The Morgan fingerprint density at radius 3 is 2.10 bits per heavy atom. The smallest absolute Gasteiger partial charge is 0.264 e. The van der Waals surface area contributed by atoms with Crippen molar-refractivity contribution < 1.29 is 32.2 Å². The van der Waals surface area contributed by atoms with Crippen molar-refractivity contribution in [1.82, 2.24) is 0 Å². The number of ether oxygens (including phenoxy) is 4. The molecule has 4 aromatic rings. The molecule has 0 spiro atoms. The molecule has 0 aliphatic heterocycles. The number of benzene rings is 4. The fourth-order valence-electron chi connectivity index (χ4n) is 3.79. The van der Waals surface area contributed by atoms with Crippen molar-refractivity contribution >= 4 is 38.9 Å². The zero-order valence-electron chi connectivity index (χ0n) is 22.0. The highest BCUT2D eigenvalue weighted by Crippen LogP contribution is 2.34. The van der Waals surface area contributed by atoms with Crippen LogP contribution in [0.2, 0.25) is 5.02 Å². The van der Waals surface area contributed by atoms with Crippen molar-refractivity contribution in [3.63, 3.8) is 0 Å². The predicted octanol–water partition coefficient (Wildman–Crippen LogP) is 5.99. The molecule has 0 aliphatic rings. The number of methoxy groups -OCH3 is 3. The molecule has 0 bridgehead atoms. The third kappa shape index (κ3) is 6.59. The summed E-state index contributed by atoms with van der Waals surface area (Å²) in [5, 5.41) is 3.10. The molecule has 0 aromatic heterocycles. The lowest BCUT2D eigenvalue weighted by Gasteiger charge is -2.25. The second-order valence-electron chi connectivity index (χ2n) is 8.33. The van der Waals surface area contributed by atoms with E-state index in [1.54, 1.807) is 48.5 Å². The van der Waals surface area contributed by atoms with Gasteiger partial charge in [-0.2, -0.15) is 0 Å². The van der Waals surface area contributed by atoms with Gasteiger partial charge in [-0.25, -0.2) is 8.42 Å². The highest BCUT2D eigenvalue weighted by molar-refractivity contribution is 7.92. The van der Waals surface area contributed by atoms with Crippen LogP contribution in [0.5, 0.6) is 28.7 Å². The van der Waals surface area contributed by atoms with Crippen molar-refractivity contribution in [2.45, 2.75) is 4.90 Å². The first-order chi connectivity index (χ1) is 19.2. The summed E-state index contributed by atoms with van der Waals surface area (Å²) in [5.74, 6) is 1.38. The van der Waals surface area contributed by atoms with E-state index in [1.807, 2.05) is 18.2 Å². The number of anilines is 2. The van der Waals surface area contributed by atoms with Gasteiger partial charge in [0.25, 0.3) is 10.0 Å². The summed E-state index contributed by atoms with van der Waals surface area (Å²) < 4.78 is 50.4. The Balaban J connectivity index is 1.68. The molecule has 0 unspecified atom stereocenters. The maximum absolute atomic E-state index is 13.9. The topological polar surface area (TPSA) is 103 Å². The first-order valence-electron chi connectivity index (χ1n) is 12.0. The molecule has 4 aromatic carbocycles. The van der Waals surface area contributed by atoms with Crippen LogP contribution < -0.4 is 28.6 Å². The monoisotopic (exact) mass is 582 g/mol. The summed E-state index contributed by atoms with van der Waals surface area (Å²) in [6.07, 6.45) is 0. The van der Waals surface area contributed by atoms with Crippen molar-refractivity contribution in [1.29, 1.82) is 0 Å². The second kappa shape index (κ2) is 12.6.